The predicted molar refractivity (Wildman–Crippen MR) is 76.0 cm³/mol. The molecule has 5 nitrogen and oxygen atoms in total. The van der Waals surface area contributed by atoms with Crippen molar-refractivity contribution in [1.82, 2.24) is 14.5 Å². The second kappa shape index (κ2) is 4.27. The number of halogens is 2. The Hall–Kier alpha value is -2.96. The van der Waals surface area contributed by atoms with Crippen LogP contribution in [-0.2, 0) is 6.54 Å². The Balaban J connectivity index is 1.99. The quantitative estimate of drug-likeness (QED) is 0.555. The summed E-state index contributed by atoms with van der Waals surface area (Å²) < 4.78 is 28.6. The minimum atomic E-state index is -0.741. The molecular formula is C15H10F2N4O. The first-order chi connectivity index (χ1) is 10.6. The number of imidazole rings is 1. The number of rotatable bonds is 1. The van der Waals surface area contributed by atoms with Gasteiger partial charge in [0.25, 0.3) is 5.91 Å². The SMILES string of the molecule is Nc1ccc(-c2cnc3cc(F)ccn23)c2c1C(=O)N(F)C2. The standard InChI is InChI=1S/C15H10F2N4O/c16-8-3-4-20-12(6-19-13(20)5-8)9-1-2-11(18)14-10(9)7-21(17)15(14)22/h1-6H,7,18H2. The van der Waals surface area contributed by atoms with Crippen LogP contribution in [0.15, 0.2) is 36.7 Å². The van der Waals surface area contributed by atoms with Crippen molar-refractivity contribution in [1.29, 1.82) is 0 Å². The first-order valence-electron chi connectivity index (χ1n) is 6.58. The molecule has 0 radical (unpaired) electrons. The zero-order valence-corrected chi connectivity index (χ0v) is 11.3. The first kappa shape index (κ1) is 12.8. The van der Waals surface area contributed by atoms with E-state index < -0.39 is 11.7 Å². The van der Waals surface area contributed by atoms with Gasteiger partial charge >= 0.3 is 0 Å². The molecule has 3 aromatic rings. The molecule has 0 unspecified atom stereocenters. The molecule has 0 bridgehead atoms. The van der Waals surface area contributed by atoms with Crippen LogP contribution >= 0.6 is 0 Å². The monoisotopic (exact) mass is 300 g/mol. The fourth-order valence-electron chi connectivity index (χ4n) is 2.81. The molecule has 3 heterocycles. The van der Waals surface area contributed by atoms with Gasteiger partial charge in [0.05, 0.1) is 24.0 Å². The number of nitrogens with zero attached hydrogens (tertiary/aromatic N) is 3. The Kier molecular flexibility index (Phi) is 2.47. The molecule has 22 heavy (non-hydrogen) atoms. The lowest BCUT2D eigenvalue weighted by molar-refractivity contribution is 0.0221. The third kappa shape index (κ3) is 1.62. The van der Waals surface area contributed by atoms with Crippen LogP contribution in [0, 0.1) is 5.82 Å². The molecule has 1 aromatic carbocycles. The summed E-state index contributed by atoms with van der Waals surface area (Å²) in [6, 6.07) is 5.89. The lowest BCUT2D eigenvalue weighted by atomic mass is 9.99. The number of fused-ring (bicyclic) bond motifs is 2. The third-order valence-corrected chi connectivity index (χ3v) is 3.83. The number of hydrogen-bond acceptors (Lipinski definition) is 3. The maximum atomic E-state index is 13.6. The van der Waals surface area contributed by atoms with Crippen LogP contribution in [0.2, 0.25) is 0 Å². The summed E-state index contributed by atoms with van der Waals surface area (Å²) in [5, 5.41) is 0.132. The van der Waals surface area contributed by atoms with Crippen LogP contribution in [0.25, 0.3) is 16.9 Å². The van der Waals surface area contributed by atoms with Gasteiger partial charge in [0.15, 0.2) is 0 Å². The Morgan fingerprint density at radius 1 is 1.27 bits per heavy atom. The number of amides is 1. The number of nitrogen functional groups attached to an aromatic ring is 1. The van der Waals surface area contributed by atoms with Crippen LogP contribution in [0.5, 0.6) is 0 Å². The fraction of sp³-hybridized carbons (Fsp3) is 0.0667. The number of nitrogens with two attached hydrogens (primary N) is 1. The molecule has 0 spiro atoms. The van der Waals surface area contributed by atoms with Crippen LogP contribution in [0.1, 0.15) is 15.9 Å². The summed E-state index contributed by atoms with van der Waals surface area (Å²) in [4.78, 5) is 16.0. The zero-order chi connectivity index (χ0) is 15.4. The van der Waals surface area contributed by atoms with Crippen molar-refractivity contribution in [2.75, 3.05) is 5.73 Å². The van der Waals surface area contributed by atoms with E-state index in [0.717, 1.165) is 0 Å². The maximum absolute atomic E-state index is 13.6. The number of pyridine rings is 1. The van der Waals surface area contributed by atoms with Crippen LogP contribution in [0.3, 0.4) is 0 Å². The smallest absolute Gasteiger partial charge is 0.284 e. The van der Waals surface area contributed by atoms with Gasteiger partial charge in [0.2, 0.25) is 0 Å². The molecule has 1 aliphatic rings. The highest BCUT2D eigenvalue weighted by Gasteiger charge is 2.32. The van der Waals surface area contributed by atoms with Gasteiger partial charge in [-0.05, 0) is 17.7 Å². The van der Waals surface area contributed by atoms with Crippen molar-refractivity contribution in [3.8, 4) is 11.3 Å². The molecular weight excluding hydrogens is 290 g/mol. The average molecular weight is 300 g/mol. The summed E-state index contributed by atoms with van der Waals surface area (Å²) in [7, 11) is 0. The second-order valence-electron chi connectivity index (χ2n) is 5.10. The number of anilines is 1. The molecule has 2 N–H and O–H groups in total. The van der Waals surface area contributed by atoms with Crippen LogP contribution in [0.4, 0.5) is 14.6 Å². The summed E-state index contributed by atoms with van der Waals surface area (Å²) in [5.41, 5.74) is 8.45. The molecule has 0 atom stereocenters. The van der Waals surface area contributed by atoms with Crippen LogP contribution < -0.4 is 5.73 Å². The highest BCUT2D eigenvalue weighted by atomic mass is 19.2. The molecule has 0 aliphatic carbocycles. The normalized spacial score (nSPS) is 13.9. The largest absolute Gasteiger partial charge is 0.398 e. The van der Waals surface area contributed by atoms with Gasteiger partial charge in [-0.1, -0.05) is 10.5 Å². The summed E-state index contributed by atoms with van der Waals surface area (Å²) in [6.45, 7) is -0.164. The summed E-state index contributed by atoms with van der Waals surface area (Å²) >= 11 is 0. The maximum Gasteiger partial charge on any atom is 0.284 e. The van der Waals surface area contributed by atoms with Gasteiger partial charge in [-0.15, -0.1) is 0 Å². The number of benzene rings is 1. The van der Waals surface area contributed by atoms with Crippen molar-refractivity contribution >= 4 is 17.2 Å². The number of carbonyl (C=O) groups excluding carboxylic acids is 1. The van der Waals surface area contributed by atoms with Crippen molar-refractivity contribution in [3.63, 3.8) is 0 Å². The fourth-order valence-corrected chi connectivity index (χ4v) is 2.81. The van der Waals surface area contributed by atoms with E-state index in [2.05, 4.69) is 4.98 Å². The predicted octanol–water partition coefficient (Wildman–Crippen LogP) is 2.56. The summed E-state index contributed by atoms with van der Waals surface area (Å²) in [6.07, 6.45) is 3.10. The van der Waals surface area contributed by atoms with Gasteiger partial charge in [-0.3, -0.25) is 9.20 Å². The van der Waals surface area contributed by atoms with E-state index in [0.29, 0.717) is 22.5 Å². The lowest BCUT2D eigenvalue weighted by Crippen LogP contribution is -2.13. The van der Waals surface area contributed by atoms with Crippen molar-refractivity contribution in [2.24, 2.45) is 0 Å². The average Bonchev–Trinajstić information content (AvgIpc) is 3.02. The Labute approximate surface area is 123 Å². The second-order valence-corrected chi connectivity index (χ2v) is 5.10. The zero-order valence-electron chi connectivity index (χ0n) is 11.3. The molecule has 110 valence electrons. The third-order valence-electron chi connectivity index (χ3n) is 3.83. The minimum Gasteiger partial charge on any atom is -0.398 e. The van der Waals surface area contributed by atoms with E-state index in [1.807, 2.05) is 0 Å². The van der Waals surface area contributed by atoms with E-state index in [-0.39, 0.29) is 22.9 Å². The van der Waals surface area contributed by atoms with Crippen molar-refractivity contribution in [3.05, 3.63) is 53.6 Å². The van der Waals surface area contributed by atoms with Gasteiger partial charge in [0.1, 0.15) is 11.5 Å². The number of aromatic nitrogens is 2. The van der Waals surface area contributed by atoms with E-state index in [1.165, 1.54) is 12.1 Å². The molecule has 0 saturated heterocycles. The molecule has 1 amide bonds. The highest BCUT2D eigenvalue weighted by molar-refractivity contribution is 6.04. The number of hydrogen-bond donors (Lipinski definition) is 1. The highest BCUT2D eigenvalue weighted by Crippen LogP contribution is 2.36. The molecule has 0 fully saturated rings. The molecule has 0 saturated carbocycles. The van der Waals surface area contributed by atoms with Gasteiger partial charge < -0.3 is 5.73 Å². The van der Waals surface area contributed by atoms with E-state index in [9.17, 15) is 13.7 Å². The van der Waals surface area contributed by atoms with E-state index >= 15 is 0 Å². The van der Waals surface area contributed by atoms with Crippen molar-refractivity contribution < 1.29 is 13.7 Å². The van der Waals surface area contributed by atoms with Gasteiger partial charge in [-0.2, -0.15) is 5.12 Å². The topological polar surface area (TPSA) is 63.6 Å². The first-order valence-corrected chi connectivity index (χ1v) is 6.58. The number of carbonyl (C=O) groups is 1. The van der Waals surface area contributed by atoms with E-state index in [4.69, 9.17) is 5.73 Å². The minimum absolute atomic E-state index is 0.132. The van der Waals surface area contributed by atoms with Crippen molar-refractivity contribution in [2.45, 2.75) is 6.54 Å². The molecule has 7 heteroatoms. The van der Waals surface area contributed by atoms with Gasteiger partial charge in [-0.25, -0.2) is 9.37 Å². The summed E-state index contributed by atoms with van der Waals surface area (Å²) in [5.74, 6) is -1.13. The van der Waals surface area contributed by atoms with Gasteiger partial charge in [0, 0.05) is 23.5 Å². The Morgan fingerprint density at radius 3 is 2.91 bits per heavy atom. The Morgan fingerprint density at radius 2 is 2.09 bits per heavy atom. The molecule has 4 rings (SSSR count). The molecule has 1 aliphatic heterocycles. The van der Waals surface area contributed by atoms with E-state index in [1.54, 1.807) is 28.9 Å². The molecule has 2 aromatic heterocycles. The van der Waals surface area contributed by atoms with Crippen LogP contribution in [-0.4, -0.2) is 20.4 Å². The Bertz CT molecular complexity index is 935. The lowest BCUT2D eigenvalue weighted by Gasteiger charge is -2.08.